The minimum atomic E-state index is -4.74. The second-order valence-electron chi connectivity index (χ2n) is 17.9. The molecule has 2 heterocycles. The molecule has 0 unspecified atom stereocenters. The number of anilines is 2. The first-order valence-electron chi connectivity index (χ1n) is 21.6. The van der Waals surface area contributed by atoms with Crippen LogP contribution in [0.3, 0.4) is 0 Å². The topological polar surface area (TPSA) is 137 Å². The Hall–Kier alpha value is -4.66. The quantitative estimate of drug-likeness (QED) is 0.0930. The average Bonchev–Trinajstić information content (AvgIpc) is 4.08. The van der Waals surface area contributed by atoms with Crippen molar-refractivity contribution in [3.63, 3.8) is 0 Å². The molecule has 0 radical (unpaired) electrons. The number of halogens is 2. The molecule has 0 bridgehead atoms. The van der Waals surface area contributed by atoms with Crippen LogP contribution in [0, 0.1) is 21.4 Å². The van der Waals surface area contributed by atoms with Gasteiger partial charge in [0.05, 0.1) is 9.95 Å². The molecule has 2 aliphatic heterocycles. The lowest BCUT2D eigenvalue weighted by atomic mass is 9.72. The van der Waals surface area contributed by atoms with Gasteiger partial charge in [-0.2, -0.15) is 0 Å². The first kappa shape index (κ1) is 44.0. The van der Waals surface area contributed by atoms with Crippen molar-refractivity contribution in [3.8, 4) is 11.5 Å². The molecule has 0 atom stereocenters. The number of allylic oxidation sites excluding steroid dienone is 1. The highest BCUT2D eigenvalue weighted by molar-refractivity contribution is 7.90. The number of piperazine rings is 1. The van der Waals surface area contributed by atoms with Crippen LogP contribution in [0.5, 0.6) is 11.5 Å². The number of nitrogens with zero attached hydrogens (tertiary/aromatic N) is 4. The number of hydrogen-bond acceptors (Lipinski definition) is 10. The Morgan fingerprint density at radius 2 is 1.55 bits per heavy atom. The number of likely N-dealkylation sites (tertiary alicyclic amines) is 1. The molecule has 1 amide bonds. The highest BCUT2D eigenvalue weighted by Crippen LogP contribution is 2.50. The van der Waals surface area contributed by atoms with Gasteiger partial charge >= 0.3 is 5.69 Å². The van der Waals surface area contributed by atoms with Gasteiger partial charge in [-0.1, -0.05) is 85.1 Å². The molecule has 15 heteroatoms. The zero-order valence-electron chi connectivity index (χ0n) is 35.2. The van der Waals surface area contributed by atoms with Crippen molar-refractivity contribution in [2.45, 2.75) is 69.7 Å². The van der Waals surface area contributed by atoms with E-state index in [2.05, 4.69) is 45.8 Å². The number of carbonyl (C=O) groups is 1. The summed E-state index contributed by atoms with van der Waals surface area (Å²) in [5.41, 5.74) is 3.65. The molecule has 4 aromatic carbocycles. The maximum absolute atomic E-state index is 14.6. The van der Waals surface area contributed by atoms with E-state index in [1.165, 1.54) is 42.2 Å². The van der Waals surface area contributed by atoms with E-state index in [1.54, 1.807) is 47.4 Å². The Balaban J connectivity index is 1.17. The second-order valence-corrected chi connectivity index (χ2v) is 20.4. The Morgan fingerprint density at radius 3 is 2.21 bits per heavy atom. The summed E-state index contributed by atoms with van der Waals surface area (Å²) in [7, 11) is -4.74. The van der Waals surface area contributed by atoms with E-state index in [-0.39, 0.29) is 44.9 Å². The third-order valence-electron chi connectivity index (χ3n) is 12.6. The van der Waals surface area contributed by atoms with Gasteiger partial charge in [0.15, 0.2) is 11.4 Å². The largest absolute Gasteiger partial charge is 0.453 e. The standard InChI is InChI=1S/C47H54Cl2N6O6S/c1-47(2)21-18-35(38(29-47)33-14-16-36(48)17-15-33)31-53-24-26-54(27-25-53)44-42(62(59,60)51-46(56)34-8-4-3-5-9-34)28-41(61-40-11-7-6-10-39(40)49)43(45(44)55(57)58)50-37-19-22-52(23-20-37)30-32-12-13-32/h3-11,14-17,28,32,37,50H,12-13,18-27,29-31H2,1-2H3,(H,51,56). The molecule has 1 saturated carbocycles. The fourth-order valence-electron chi connectivity index (χ4n) is 8.98. The van der Waals surface area contributed by atoms with Gasteiger partial charge in [0.2, 0.25) is 0 Å². The van der Waals surface area contributed by atoms with Crippen molar-refractivity contribution in [1.29, 1.82) is 0 Å². The number of nitro benzene ring substituents is 1. The number of hydrogen-bond donors (Lipinski definition) is 2. The average molecular weight is 902 g/mol. The van der Waals surface area contributed by atoms with Crippen LogP contribution in [0.4, 0.5) is 17.1 Å². The molecule has 12 nitrogen and oxygen atoms in total. The zero-order chi connectivity index (χ0) is 43.6. The minimum Gasteiger partial charge on any atom is -0.453 e. The molecule has 4 aromatic rings. The molecule has 4 aliphatic rings. The molecule has 2 aliphatic carbocycles. The lowest BCUT2D eigenvalue weighted by Gasteiger charge is -2.39. The Kier molecular flexibility index (Phi) is 13.2. The first-order chi connectivity index (χ1) is 29.7. The summed E-state index contributed by atoms with van der Waals surface area (Å²) >= 11 is 12.8. The van der Waals surface area contributed by atoms with Crippen LogP contribution in [-0.2, 0) is 10.0 Å². The maximum atomic E-state index is 14.6. The summed E-state index contributed by atoms with van der Waals surface area (Å²) in [6.45, 7) is 9.69. The van der Waals surface area contributed by atoms with Crippen LogP contribution in [0.15, 0.2) is 95.4 Å². The zero-order valence-corrected chi connectivity index (χ0v) is 37.6. The Bertz CT molecular complexity index is 2430. The van der Waals surface area contributed by atoms with Crippen molar-refractivity contribution >= 4 is 61.8 Å². The highest BCUT2D eigenvalue weighted by atomic mass is 35.5. The molecule has 328 valence electrons. The molecular weight excluding hydrogens is 848 g/mol. The van der Waals surface area contributed by atoms with Crippen LogP contribution < -0.4 is 19.7 Å². The molecule has 2 N–H and O–H groups in total. The van der Waals surface area contributed by atoms with Crippen LogP contribution >= 0.6 is 23.2 Å². The highest BCUT2D eigenvalue weighted by Gasteiger charge is 2.40. The van der Waals surface area contributed by atoms with Gasteiger partial charge < -0.3 is 19.9 Å². The predicted molar refractivity (Wildman–Crippen MR) is 246 cm³/mol. The van der Waals surface area contributed by atoms with Gasteiger partial charge in [0.25, 0.3) is 15.9 Å². The predicted octanol–water partition coefficient (Wildman–Crippen LogP) is 9.88. The summed E-state index contributed by atoms with van der Waals surface area (Å²) in [5.74, 6) is -0.00411. The Morgan fingerprint density at radius 1 is 0.871 bits per heavy atom. The van der Waals surface area contributed by atoms with Gasteiger partial charge in [0.1, 0.15) is 16.3 Å². The summed E-state index contributed by atoms with van der Waals surface area (Å²) in [4.78, 5) is 32.7. The summed E-state index contributed by atoms with van der Waals surface area (Å²) in [5, 5.41) is 18.0. The van der Waals surface area contributed by atoms with E-state index in [0.29, 0.717) is 31.2 Å². The van der Waals surface area contributed by atoms with Gasteiger partial charge in [0, 0.05) is 75.1 Å². The van der Waals surface area contributed by atoms with Crippen LogP contribution in [-0.4, -0.2) is 87.4 Å². The number of carbonyl (C=O) groups excluding carboxylic acids is 1. The molecule has 0 aromatic heterocycles. The summed E-state index contributed by atoms with van der Waals surface area (Å²) in [6, 6.07) is 23.8. The third kappa shape index (κ3) is 10.4. The third-order valence-corrected chi connectivity index (χ3v) is 14.5. The van der Waals surface area contributed by atoms with E-state index in [0.717, 1.165) is 69.8 Å². The minimum absolute atomic E-state index is 0.0731. The number of nitrogens with one attached hydrogen (secondary N) is 2. The molecule has 62 heavy (non-hydrogen) atoms. The van der Waals surface area contributed by atoms with Crippen molar-refractivity contribution < 1.29 is 22.9 Å². The number of benzene rings is 4. The lowest BCUT2D eigenvalue weighted by molar-refractivity contribution is -0.383. The van der Waals surface area contributed by atoms with Crippen LogP contribution in [0.1, 0.15) is 74.7 Å². The molecule has 3 fully saturated rings. The summed E-state index contributed by atoms with van der Waals surface area (Å²) in [6.07, 6.45) is 6.92. The van der Waals surface area contributed by atoms with Gasteiger partial charge in [-0.3, -0.25) is 19.8 Å². The van der Waals surface area contributed by atoms with Gasteiger partial charge in [-0.05, 0) is 104 Å². The number of nitro groups is 1. The van der Waals surface area contributed by atoms with Crippen LogP contribution in [0.25, 0.3) is 5.57 Å². The van der Waals surface area contributed by atoms with Gasteiger partial charge in [-0.25, -0.2) is 13.1 Å². The monoisotopic (exact) mass is 900 g/mol. The fourth-order valence-corrected chi connectivity index (χ4v) is 10.5. The van der Waals surface area contributed by atoms with E-state index < -0.39 is 31.4 Å². The fraction of sp³-hybridized carbons (Fsp3) is 0.426. The summed E-state index contributed by atoms with van der Waals surface area (Å²) < 4.78 is 37.8. The molecule has 0 spiro atoms. The van der Waals surface area contributed by atoms with E-state index in [9.17, 15) is 23.3 Å². The van der Waals surface area contributed by atoms with E-state index in [1.807, 2.05) is 12.1 Å². The van der Waals surface area contributed by atoms with Crippen molar-refractivity contribution in [3.05, 3.63) is 122 Å². The first-order valence-corrected chi connectivity index (χ1v) is 23.8. The number of piperidine rings is 1. The molecular formula is C47H54Cl2N6O6S. The Labute approximate surface area is 374 Å². The second kappa shape index (κ2) is 18.6. The normalized spacial score (nSPS) is 19.0. The number of ether oxygens (including phenoxy) is 1. The molecule has 8 rings (SSSR count). The van der Waals surface area contributed by atoms with Crippen LogP contribution in [0.2, 0.25) is 10.0 Å². The lowest BCUT2D eigenvalue weighted by Crippen LogP contribution is -2.48. The maximum Gasteiger partial charge on any atom is 0.320 e. The number of amides is 1. The number of rotatable bonds is 14. The van der Waals surface area contributed by atoms with Crippen molar-refractivity contribution in [2.24, 2.45) is 11.3 Å². The van der Waals surface area contributed by atoms with E-state index >= 15 is 0 Å². The smallest absolute Gasteiger partial charge is 0.320 e. The van der Waals surface area contributed by atoms with Crippen molar-refractivity contribution in [1.82, 2.24) is 14.5 Å². The number of para-hydroxylation sites is 1. The van der Waals surface area contributed by atoms with Gasteiger partial charge in [-0.15, -0.1) is 0 Å². The molecule has 2 saturated heterocycles. The van der Waals surface area contributed by atoms with Crippen molar-refractivity contribution in [2.75, 3.05) is 62.6 Å². The SMILES string of the molecule is CC1(C)CCC(CN2CCN(c3c(S(=O)(=O)NC(=O)c4ccccc4)cc(Oc4ccccc4Cl)c(NC4CCN(CC5CC5)CC4)c3[N+](=O)[O-])CC2)=C(c2ccc(Cl)cc2)C1. The number of sulfonamides is 1. The van der Waals surface area contributed by atoms with E-state index in [4.69, 9.17) is 27.9 Å².